The van der Waals surface area contributed by atoms with Gasteiger partial charge in [-0.3, -0.25) is 0 Å². The van der Waals surface area contributed by atoms with Gasteiger partial charge in [-0.25, -0.2) is 19.0 Å². The summed E-state index contributed by atoms with van der Waals surface area (Å²) in [6, 6.07) is 37.3. The molecule has 16 nitrogen and oxygen atoms in total. The summed E-state index contributed by atoms with van der Waals surface area (Å²) < 4.78 is 52.0. The largest absolute Gasteiger partial charge is 0.467 e. The predicted octanol–water partition coefficient (Wildman–Crippen LogP) is 5.43. The number of hydrogen-bond donors (Lipinski definition) is 0. The third-order valence-electron chi connectivity index (χ3n) is 10.6. The molecule has 330 valence electrons. The average molecular weight is 861 g/mol. The van der Waals surface area contributed by atoms with Gasteiger partial charge < -0.3 is 37.9 Å². The summed E-state index contributed by atoms with van der Waals surface area (Å²) in [5.41, 5.74) is 4.70. The molecule has 3 heterocycles. The first-order valence-electron chi connectivity index (χ1n) is 20.7. The highest BCUT2D eigenvalue weighted by atomic mass is 16.7. The summed E-state index contributed by atoms with van der Waals surface area (Å²) in [5, 5.41) is 17.3. The fraction of sp³-hybridized carbons (Fsp3) is 0.362. The number of nitrogens with zero attached hydrogens (tertiary/aromatic N) is 6. The van der Waals surface area contributed by atoms with Crippen LogP contribution in [-0.4, -0.2) is 101 Å². The first-order chi connectivity index (χ1) is 30.9. The first-order valence-corrected chi connectivity index (χ1v) is 20.7. The number of hydrogen-bond acceptors (Lipinski definition) is 14. The topological polar surface area (TPSA) is 169 Å². The lowest BCUT2D eigenvalue weighted by molar-refractivity contribution is -0.323. The molecule has 63 heavy (non-hydrogen) atoms. The van der Waals surface area contributed by atoms with Crippen molar-refractivity contribution in [1.82, 2.24) is 30.0 Å². The van der Waals surface area contributed by atoms with Crippen molar-refractivity contribution in [2.75, 3.05) is 27.9 Å². The van der Waals surface area contributed by atoms with Crippen LogP contribution in [0.3, 0.4) is 0 Å². The molecule has 1 saturated heterocycles. The predicted molar refractivity (Wildman–Crippen MR) is 226 cm³/mol. The second kappa shape index (κ2) is 22.8. The Balaban J connectivity index is 1.15. The summed E-state index contributed by atoms with van der Waals surface area (Å²) in [7, 11) is 4.21. The van der Waals surface area contributed by atoms with Crippen molar-refractivity contribution < 1.29 is 47.5 Å². The fourth-order valence-electron chi connectivity index (χ4n) is 7.35. The molecular formula is C47H52N6O10. The molecule has 0 unspecified atom stereocenters. The van der Waals surface area contributed by atoms with Gasteiger partial charge in [0.05, 0.1) is 59.6 Å². The van der Waals surface area contributed by atoms with Crippen LogP contribution in [0.4, 0.5) is 0 Å². The molecule has 7 atom stereocenters. The smallest absolute Gasteiger partial charge is 0.331 e. The zero-order valence-corrected chi connectivity index (χ0v) is 35.5. The third-order valence-corrected chi connectivity index (χ3v) is 10.6. The summed E-state index contributed by atoms with van der Waals surface area (Å²) >= 11 is 0. The van der Waals surface area contributed by atoms with Crippen LogP contribution in [0, 0.1) is 0 Å². The molecule has 2 aromatic heterocycles. The zero-order valence-electron chi connectivity index (χ0n) is 35.5. The van der Waals surface area contributed by atoms with E-state index in [9.17, 15) is 9.59 Å². The van der Waals surface area contributed by atoms with Crippen molar-refractivity contribution in [3.05, 3.63) is 167 Å². The molecule has 0 N–H and O–H groups in total. The quantitative estimate of drug-likeness (QED) is 0.0793. The van der Waals surface area contributed by atoms with E-state index in [2.05, 4.69) is 20.6 Å². The minimum atomic E-state index is -0.946. The minimum Gasteiger partial charge on any atom is -0.467 e. The van der Waals surface area contributed by atoms with Gasteiger partial charge in [-0.1, -0.05) is 132 Å². The molecule has 16 heteroatoms. The van der Waals surface area contributed by atoms with Crippen LogP contribution in [0.1, 0.15) is 45.7 Å². The van der Waals surface area contributed by atoms with E-state index >= 15 is 0 Å². The number of rotatable bonds is 22. The second-order valence-corrected chi connectivity index (χ2v) is 14.9. The van der Waals surface area contributed by atoms with Gasteiger partial charge >= 0.3 is 11.9 Å². The van der Waals surface area contributed by atoms with Crippen molar-refractivity contribution in [1.29, 1.82) is 0 Å². The van der Waals surface area contributed by atoms with Gasteiger partial charge in [-0.05, 0) is 22.3 Å². The van der Waals surface area contributed by atoms with Crippen LogP contribution in [0.2, 0.25) is 0 Å². The van der Waals surface area contributed by atoms with Gasteiger partial charge in [-0.15, -0.1) is 10.2 Å². The maximum absolute atomic E-state index is 13.0. The number of aromatic nitrogens is 6. The number of carbonyl (C=O) groups is 2. The Morgan fingerprint density at radius 3 is 1.44 bits per heavy atom. The van der Waals surface area contributed by atoms with E-state index in [-0.39, 0.29) is 26.4 Å². The molecule has 0 aliphatic carbocycles. The van der Waals surface area contributed by atoms with Crippen molar-refractivity contribution in [2.45, 2.75) is 82.1 Å². The number of carbonyl (C=O) groups excluding carboxylic acids is 2. The van der Waals surface area contributed by atoms with Crippen LogP contribution in [0.25, 0.3) is 0 Å². The number of ether oxygens (including phenoxy) is 8. The van der Waals surface area contributed by atoms with E-state index in [1.54, 1.807) is 12.4 Å². The van der Waals surface area contributed by atoms with Gasteiger partial charge in [0.15, 0.2) is 18.4 Å². The van der Waals surface area contributed by atoms with Gasteiger partial charge in [0.2, 0.25) is 0 Å². The third kappa shape index (κ3) is 12.3. The molecule has 0 spiro atoms. The average Bonchev–Trinajstić information content (AvgIpc) is 4.02. The van der Waals surface area contributed by atoms with Gasteiger partial charge in [0.1, 0.15) is 35.8 Å². The lowest BCUT2D eigenvalue weighted by atomic mass is 9.98. The summed E-state index contributed by atoms with van der Waals surface area (Å²) in [5.74, 6) is -0.918. The highest BCUT2D eigenvalue weighted by Gasteiger charge is 2.49. The normalized spacial score (nSPS) is 19.6. The molecule has 0 radical (unpaired) electrons. The summed E-state index contributed by atoms with van der Waals surface area (Å²) in [4.78, 5) is 25.9. The molecule has 7 rings (SSSR count). The molecule has 1 aliphatic heterocycles. The Kier molecular flexibility index (Phi) is 16.3. The number of methoxy groups -OCH3 is 3. The van der Waals surface area contributed by atoms with E-state index in [4.69, 9.17) is 37.9 Å². The Morgan fingerprint density at radius 1 is 0.556 bits per heavy atom. The standard InChI is InChI=1S/C47H52N6O10/c1-56-45(54)39(24-33-16-8-4-9-17-33)52-26-37(48-50-52)30-61-43-42(60-29-36-22-14-7-15-23-36)41(32-59-28-35-20-12-6-13-21-35)63-47(58-3)44(43)62-31-38-27-53(51-49-38)40(46(55)57-2)25-34-18-10-5-11-19-34/h4-23,26-27,39-44,47H,24-25,28-32H2,1-3H3/t39-,40-,41+,42+,43-,44+,47-/m0/s1. The molecule has 1 aliphatic rings. The molecular weight excluding hydrogens is 809 g/mol. The van der Waals surface area contributed by atoms with Gasteiger partial charge in [0.25, 0.3) is 0 Å². The van der Waals surface area contributed by atoms with Gasteiger partial charge in [0, 0.05) is 20.0 Å². The molecule has 6 aromatic rings. The van der Waals surface area contributed by atoms with Gasteiger partial charge in [-0.2, -0.15) is 0 Å². The minimum absolute atomic E-state index is 0.0422. The van der Waals surface area contributed by atoms with Crippen LogP contribution >= 0.6 is 0 Å². The van der Waals surface area contributed by atoms with E-state index in [0.29, 0.717) is 30.8 Å². The Morgan fingerprint density at radius 2 is 0.984 bits per heavy atom. The van der Waals surface area contributed by atoms with Crippen molar-refractivity contribution in [2.24, 2.45) is 0 Å². The Bertz CT molecular complexity index is 2280. The maximum atomic E-state index is 13.0. The fourth-order valence-corrected chi connectivity index (χ4v) is 7.35. The van der Waals surface area contributed by atoms with E-state index in [1.165, 1.54) is 30.7 Å². The number of esters is 2. The molecule has 4 aromatic carbocycles. The lowest BCUT2D eigenvalue weighted by Gasteiger charge is -2.45. The first kappa shape index (κ1) is 44.9. The summed E-state index contributed by atoms with van der Waals surface area (Å²) in [6.45, 7) is 0.621. The van der Waals surface area contributed by atoms with E-state index in [1.807, 2.05) is 121 Å². The molecule has 1 fully saturated rings. The highest BCUT2D eigenvalue weighted by Crippen LogP contribution is 2.31. The zero-order chi connectivity index (χ0) is 43.8. The Labute approximate surface area is 365 Å². The van der Waals surface area contributed by atoms with Crippen LogP contribution in [0.15, 0.2) is 134 Å². The second-order valence-electron chi connectivity index (χ2n) is 14.9. The lowest BCUT2D eigenvalue weighted by Crippen LogP contribution is -2.61. The maximum Gasteiger partial charge on any atom is 0.331 e. The molecule has 0 amide bonds. The number of benzene rings is 4. The van der Waals surface area contributed by atoms with Crippen molar-refractivity contribution in [3.8, 4) is 0 Å². The Hall–Kier alpha value is -6.14. The van der Waals surface area contributed by atoms with Crippen LogP contribution in [0.5, 0.6) is 0 Å². The van der Waals surface area contributed by atoms with E-state index < -0.39 is 54.7 Å². The van der Waals surface area contributed by atoms with Crippen LogP contribution < -0.4 is 0 Å². The monoisotopic (exact) mass is 860 g/mol. The molecule has 0 bridgehead atoms. The SMILES string of the molecule is COC(=O)[C@H](Cc1ccccc1)n1cc(CO[C@@H]2[C@@H](OCc3cn([C@@H](Cc4ccccc4)C(=O)OC)nn3)[C@@H](OC)O[C@H](COCc3ccccc3)[C@H]2OCc2ccccc2)nn1. The van der Waals surface area contributed by atoms with Crippen LogP contribution in [-0.2, 0) is 86.8 Å². The highest BCUT2D eigenvalue weighted by molar-refractivity contribution is 5.74. The summed E-state index contributed by atoms with van der Waals surface area (Å²) in [6.07, 6.45) is -0.0720. The molecule has 0 saturated carbocycles. The van der Waals surface area contributed by atoms with Crippen molar-refractivity contribution >= 4 is 11.9 Å². The van der Waals surface area contributed by atoms with Crippen molar-refractivity contribution in [3.63, 3.8) is 0 Å². The van der Waals surface area contributed by atoms with E-state index in [0.717, 1.165) is 22.3 Å².